The molecule has 3 nitrogen and oxygen atoms in total. The van der Waals surface area contributed by atoms with Crippen molar-refractivity contribution in [2.75, 3.05) is 13.6 Å². The van der Waals surface area contributed by atoms with Gasteiger partial charge >= 0.3 is 0 Å². The van der Waals surface area contributed by atoms with Crippen LogP contribution in [0.25, 0.3) is 0 Å². The summed E-state index contributed by atoms with van der Waals surface area (Å²) in [5.74, 6) is 0.356. The van der Waals surface area contributed by atoms with Gasteiger partial charge in [0.25, 0.3) is 0 Å². The Hall–Kier alpha value is -1.35. The molecule has 0 aliphatic carbocycles. The van der Waals surface area contributed by atoms with E-state index < -0.39 is 0 Å². The molecule has 0 aliphatic heterocycles. The largest absolute Gasteiger partial charge is 0.507 e. The summed E-state index contributed by atoms with van der Waals surface area (Å²) >= 11 is 0. The van der Waals surface area contributed by atoms with E-state index in [-0.39, 0.29) is 16.6 Å². The molecule has 3 heteroatoms. The number of carbonyl (C=O) groups is 1. The predicted molar refractivity (Wildman–Crippen MR) is 83.8 cm³/mol. The van der Waals surface area contributed by atoms with E-state index in [1.165, 1.54) is 0 Å². The summed E-state index contributed by atoms with van der Waals surface area (Å²) in [7, 11) is 1.76. The zero-order valence-corrected chi connectivity index (χ0v) is 13.7. The fraction of sp³-hybridized carbons (Fsp3) is 0.588. The Kier molecular flexibility index (Phi) is 4.65. The topological polar surface area (TPSA) is 49.3 Å². The molecular weight excluding hydrogens is 250 g/mol. The molecular formula is C17H27NO2. The molecule has 0 aromatic heterocycles. The Morgan fingerprint density at radius 1 is 1.05 bits per heavy atom. The number of aromatic hydroxyl groups is 1. The number of phenols is 1. The molecule has 1 aromatic carbocycles. The molecule has 0 spiro atoms. The molecule has 0 amide bonds. The molecule has 20 heavy (non-hydrogen) atoms. The summed E-state index contributed by atoms with van der Waals surface area (Å²) in [6.07, 6.45) is 0. The number of carbonyl (C=O) groups excluding carboxylic acids is 1. The Morgan fingerprint density at radius 3 is 1.75 bits per heavy atom. The fourth-order valence-corrected chi connectivity index (χ4v) is 2.20. The second-order valence-corrected chi connectivity index (χ2v) is 7.37. The van der Waals surface area contributed by atoms with Crippen molar-refractivity contribution < 1.29 is 9.90 Å². The standard InChI is InChI=1S/C17H27NO2/c1-16(2,3)12-8-11(14(19)10-18-7)9-13(15(12)20)17(4,5)6/h8-9,18,20H,10H2,1-7H3. The van der Waals surface area contributed by atoms with Gasteiger partial charge in [-0.1, -0.05) is 41.5 Å². The number of nitrogens with one attached hydrogen (secondary N) is 1. The summed E-state index contributed by atoms with van der Waals surface area (Å²) in [6, 6.07) is 3.65. The molecule has 0 saturated heterocycles. The van der Waals surface area contributed by atoms with E-state index in [4.69, 9.17) is 0 Å². The zero-order chi connectivity index (χ0) is 15.7. The average molecular weight is 277 g/mol. The minimum Gasteiger partial charge on any atom is -0.507 e. The lowest BCUT2D eigenvalue weighted by Crippen LogP contribution is -2.22. The average Bonchev–Trinajstić information content (AvgIpc) is 2.26. The van der Waals surface area contributed by atoms with Gasteiger partial charge in [0.1, 0.15) is 5.75 Å². The van der Waals surface area contributed by atoms with Gasteiger partial charge in [-0.2, -0.15) is 0 Å². The van der Waals surface area contributed by atoms with Crippen LogP contribution < -0.4 is 5.32 Å². The number of likely N-dealkylation sites (N-methyl/N-ethyl adjacent to an activating group) is 1. The van der Waals surface area contributed by atoms with Crippen LogP contribution in [0, 0.1) is 0 Å². The molecule has 0 aliphatic rings. The molecule has 0 heterocycles. The lowest BCUT2D eigenvalue weighted by Gasteiger charge is -2.28. The summed E-state index contributed by atoms with van der Waals surface area (Å²) in [5.41, 5.74) is 1.89. The van der Waals surface area contributed by atoms with Crippen LogP contribution >= 0.6 is 0 Å². The van der Waals surface area contributed by atoms with Gasteiger partial charge in [-0.25, -0.2) is 0 Å². The molecule has 1 aromatic rings. The molecule has 0 atom stereocenters. The van der Waals surface area contributed by atoms with Gasteiger partial charge in [0, 0.05) is 16.7 Å². The summed E-state index contributed by atoms with van der Waals surface area (Å²) in [4.78, 5) is 12.2. The van der Waals surface area contributed by atoms with E-state index >= 15 is 0 Å². The highest BCUT2D eigenvalue weighted by molar-refractivity contribution is 5.98. The van der Waals surface area contributed by atoms with Crippen molar-refractivity contribution >= 4 is 5.78 Å². The third-order valence-electron chi connectivity index (χ3n) is 3.39. The maximum atomic E-state index is 12.2. The van der Waals surface area contributed by atoms with E-state index in [2.05, 4.69) is 5.32 Å². The van der Waals surface area contributed by atoms with Gasteiger partial charge in [0.05, 0.1) is 6.54 Å². The second kappa shape index (κ2) is 5.57. The minimum absolute atomic E-state index is 0.0449. The van der Waals surface area contributed by atoms with E-state index in [1.807, 2.05) is 53.7 Å². The third kappa shape index (κ3) is 3.60. The van der Waals surface area contributed by atoms with Gasteiger partial charge < -0.3 is 10.4 Å². The molecule has 1 rings (SSSR count). The van der Waals surface area contributed by atoms with Crippen molar-refractivity contribution in [1.82, 2.24) is 5.32 Å². The highest BCUT2D eigenvalue weighted by Gasteiger charge is 2.27. The third-order valence-corrected chi connectivity index (χ3v) is 3.39. The van der Waals surface area contributed by atoms with Crippen LogP contribution in [0.1, 0.15) is 63.0 Å². The smallest absolute Gasteiger partial charge is 0.176 e. The number of hydrogen-bond donors (Lipinski definition) is 2. The highest BCUT2D eigenvalue weighted by Crippen LogP contribution is 2.39. The van der Waals surface area contributed by atoms with Crippen molar-refractivity contribution in [1.29, 1.82) is 0 Å². The maximum Gasteiger partial charge on any atom is 0.176 e. The van der Waals surface area contributed by atoms with Crippen LogP contribution in [0.5, 0.6) is 5.75 Å². The summed E-state index contributed by atoms with van der Waals surface area (Å²) < 4.78 is 0. The maximum absolute atomic E-state index is 12.2. The molecule has 0 bridgehead atoms. The first kappa shape index (κ1) is 16.7. The first-order valence-electron chi connectivity index (χ1n) is 7.04. The Bertz CT molecular complexity index is 470. The van der Waals surface area contributed by atoms with Gasteiger partial charge in [-0.3, -0.25) is 4.79 Å². The lowest BCUT2D eigenvalue weighted by molar-refractivity contribution is 0.0993. The number of phenolic OH excluding ortho intramolecular Hbond substituents is 1. The fourth-order valence-electron chi connectivity index (χ4n) is 2.20. The van der Waals surface area contributed by atoms with Crippen LogP contribution in [0.4, 0.5) is 0 Å². The van der Waals surface area contributed by atoms with Gasteiger partial charge in [-0.15, -0.1) is 0 Å². The normalized spacial score (nSPS) is 12.6. The number of ketones is 1. The number of benzene rings is 1. The highest BCUT2D eigenvalue weighted by atomic mass is 16.3. The van der Waals surface area contributed by atoms with E-state index in [0.717, 1.165) is 11.1 Å². The minimum atomic E-state index is -0.208. The molecule has 0 radical (unpaired) electrons. The predicted octanol–water partition coefficient (Wildman–Crippen LogP) is 3.39. The number of Topliss-reactive ketones (excluding diaryl/α,β-unsaturated/α-hetero) is 1. The van der Waals surface area contributed by atoms with Crippen molar-refractivity contribution in [2.24, 2.45) is 0 Å². The van der Waals surface area contributed by atoms with Crippen LogP contribution in [-0.2, 0) is 10.8 Å². The van der Waals surface area contributed by atoms with Gasteiger partial charge in [0.2, 0.25) is 0 Å². The number of rotatable bonds is 3. The van der Waals surface area contributed by atoms with Crippen molar-refractivity contribution in [3.8, 4) is 5.75 Å². The zero-order valence-electron chi connectivity index (χ0n) is 13.7. The van der Waals surface area contributed by atoms with Crippen molar-refractivity contribution in [3.63, 3.8) is 0 Å². The Labute approximate surface area is 122 Å². The van der Waals surface area contributed by atoms with Gasteiger partial charge in [-0.05, 0) is 30.0 Å². The van der Waals surface area contributed by atoms with Crippen LogP contribution in [0.15, 0.2) is 12.1 Å². The van der Waals surface area contributed by atoms with Crippen molar-refractivity contribution in [3.05, 3.63) is 28.8 Å². The van der Waals surface area contributed by atoms with Crippen LogP contribution in [-0.4, -0.2) is 24.5 Å². The van der Waals surface area contributed by atoms with E-state index in [9.17, 15) is 9.90 Å². The molecule has 112 valence electrons. The quantitative estimate of drug-likeness (QED) is 0.833. The van der Waals surface area contributed by atoms with Crippen LogP contribution in [0.2, 0.25) is 0 Å². The second-order valence-electron chi connectivity index (χ2n) is 7.37. The summed E-state index contributed by atoms with van der Waals surface area (Å²) in [5, 5.41) is 13.5. The monoisotopic (exact) mass is 277 g/mol. The molecule has 0 saturated carbocycles. The molecule has 0 unspecified atom stereocenters. The lowest BCUT2D eigenvalue weighted by atomic mass is 9.78. The van der Waals surface area contributed by atoms with E-state index in [1.54, 1.807) is 7.05 Å². The van der Waals surface area contributed by atoms with Crippen molar-refractivity contribution in [2.45, 2.75) is 52.4 Å². The summed E-state index contributed by atoms with van der Waals surface area (Å²) in [6.45, 7) is 12.6. The SMILES string of the molecule is CNCC(=O)c1cc(C(C)(C)C)c(O)c(C(C)(C)C)c1. The van der Waals surface area contributed by atoms with Crippen LogP contribution in [0.3, 0.4) is 0 Å². The first-order chi connectivity index (χ1) is 8.98. The number of hydrogen-bond acceptors (Lipinski definition) is 3. The van der Waals surface area contributed by atoms with Gasteiger partial charge in [0.15, 0.2) is 5.78 Å². The van der Waals surface area contributed by atoms with E-state index in [0.29, 0.717) is 17.9 Å². The molecule has 0 fully saturated rings. The molecule has 2 N–H and O–H groups in total. The Balaban J connectivity index is 3.55. The first-order valence-corrected chi connectivity index (χ1v) is 7.04. The Morgan fingerprint density at radius 2 is 1.45 bits per heavy atom.